The molecule has 0 aliphatic heterocycles. The first-order valence-corrected chi connectivity index (χ1v) is 8.81. The molecular formula is C18H16N4O3S. The van der Waals surface area contributed by atoms with Crippen molar-refractivity contribution < 1.29 is 9.72 Å². The van der Waals surface area contributed by atoms with E-state index in [-0.39, 0.29) is 17.2 Å². The van der Waals surface area contributed by atoms with Gasteiger partial charge in [0.15, 0.2) is 16.8 Å². The van der Waals surface area contributed by atoms with Crippen LogP contribution >= 0.6 is 11.8 Å². The van der Waals surface area contributed by atoms with Gasteiger partial charge in [-0.3, -0.25) is 14.9 Å². The third-order valence-corrected chi connectivity index (χ3v) is 4.88. The van der Waals surface area contributed by atoms with Crippen molar-refractivity contribution in [3.63, 3.8) is 0 Å². The highest BCUT2D eigenvalue weighted by atomic mass is 32.2. The van der Waals surface area contributed by atoms with Crippen LogP contribution in [0.15, 0.2) is 53.7 Å². The fourth-order valence-electron chi connectivity index (χ4n) is 2.40. The first-order chi connectivity index (χ1) is 12.5. The van der Waals surface area contributed by atoms with Gasteiger partial charge in [0, 0.05) is 30.3 Å². The number of thioether (sulfide) groups is 1. The largest absolute Gasteiger partial charge is 0.305 e. The molecule has 3 aromatic rings. The van der Waals surface area contributed by atoms with Crippen LogP contribution in [-0.2, 0) is 7.05 Å². The van der Waals surface area contributed by atoms with Crippen LogP contribution in [0.2, 0.25) is 0 Å². The average Bonchev–Trinajstić information content (AvgIpc) is 3.01. The smallest absolute Gasteiger partial charge is 0.270 e. The number of nitro groups is 1. The zero-order chi connectivity index (χ0) is 18.7. The van der Waals surface area contributed by atoms with Gasteiger partial charge in [0.25, 0.3) is 5.69 Å². The van der Waals surface area contributed by atoms with Crippen molar-refractivity contribution in [3.05, 3.63) is 69.8 Å². The quantitative estimate of drug-likeness (QED) is 0.285. The summed E-state index contributed by atoms with van der Waals surface area (Å²) in [5.41, 5.74) is 2.32. The Morgan fingerprint density at radius 2 is 1.92 bits per heavy atom. The Hall–Kier alpha value is -3.00. The van der Waals surface area contributed by atoms with Crippen molar-refractivity contribution in [2.45, 2.75) is 12.1 Å². The van der Waals surface area contributed by atoms with Gasteiger partial charge in [-0.2, -0.15) is 0 Å². The lowest BCUT2D eigenvalue weighted by molar-refractivity contribution is -0.384. The van der Waals surface area contributed by atoms with Gasteiger partial charge in [-0.25, -0.2) is 0 Å². The van der Waals surface area contributed by atoms with Crippen molar-refractivity contribution >= 4 is 23.2 Å². The van der Waals surface area contributed by atoms with E-state index in [2.05, 4.69) is 10.2 Å². The summed E-state index contributed by atoms with van der Waals surface area (Å²) in [5.74, 6) is 0.648. The lowest BCUT2D eigenvalue weighted by Gasteiger charge is -2.04. The van der Waals surface area contributed by atoms with Gasteiger partial charge >= 0.3 is 0 Å². The Morgan fingerprint density at radius 1 is 1.19 bits per heavy atom. The van der Waals surface area contributed by atoms with Gasteiger partial charge < -0.3 is 4.57 Å². The molecule has 0 atom stereocenters. The van der Waals surface area contributed by atoms with E-state index in [1.165, 1.54) is 30.0 Å². The van der Waals surface area contributed by atoms with Crippen molar-refractivity contribution in [2.24, 2.45) is 7.05 Å². The third kappa shape index (κ3) is 3.80. The van der Waals surface area contributed by atoms with Gasteiger partial charge in [0.1, 0.15) is 0 Å². The standard InChI is InChI=1S/C18H16N4O3S/c1-12-6-8-13(9-7-12)17-19-20-18(21(17)2)26-11-16(23)14-4-3-5-15(10-14)22(24)25/h3-10H,11H2,1-2H3. The molecule has 0 radical (unpaired) electrons. The number of carbonyl (C=O) groups excluding carboxylic acids is 1. The Kier molecular flexibility index (Phi) is 5.13. The number of ketones is 1. The van der Waals surface area contributed by atoms with Crippen LogP contribution in [0.3, 0.4) is 0 Å². The molecule has 0 unspecified atom stereocenters. The van der Waals surface area contributed by atoms with E-state index in [9.17, 15) is 14.9 Å². The van der Waals surface area contributed by atoms with Gasteiger partial charge in [0.2, 0.25) is 0 Å². The summed E-state index contributed by atoms with van der Waals surface area (Å²) in [4.78, 5) is 22.6. The van der Waals surface area contributed by atoms with E-state index >= 15 is 0 Å². The number of nitro benzene ring substituents is 1. The second-order valence-electron chi connectivity index (χ2n) is 5.75. The fraction of sp³-hybridized carbons (Fsp3) is 0.167. The van der Waals surface area contributed by atoms with Crippen LogP contribution in [0, 0.1) is 17.0 Å². The summed E-state index contributed by atoms with van der Waals surface area (Å²) in [6.07, 6.45) is 0. The van der Waals surface area contributed by atoms with Crippen LogP contribution < -0.4 is 0 Å². The molecule has 132 valence electrons. The number of benzene rings is 2. The van der Waals surface area contributed by atoms with Crippen LogP contribution in [-0.4, -0.2) is 31.2 Å². The van der Waals surface area contributed by atoms with E-state index in [4.69, 9.17) is 0 Å². The molecule has 1 aromatic heterocycles. The molecule has 0 bridgehead atoms. The number of aromatic nitrogens is 3. The molecule has 2 aromatic carbocycles. The van der Waals surface area contributed by atoms with Crippen LogP contribution in [0.4, 0.5) is 5.69 Å². The Labute approximate surface area is 154 Å². The minimum atomic E-state index is -0.513. The second-order valence-corrected chi connectivity index (χ2v) is 6.69. The van der Waals surface area contributed by atoms with Gasteiger partial charge in [0.05, 0.1) is 10.7 Å². The molecule has 0 fully saturated rings. The highest BCUT2D eigenvalue weighted by Crippen LogP contribution is 2.24. The summed E-state index contributed by atoms with van der Waals surface area (Å²) in [5, 5.41) is 19.8. The molecule has 3 rings (SSSR count). The monoisotopic (exact) mass is 368 g/mol. The van der Waals surface area contributed by atoms with E-state index in [0.717, 1.165) is 17.0 Å². The van der Waals surface area contributed by atoms with E-state index in [1.54, 1.807) is 6.07 Å². The van der Waals surface area contributed by atoms with Gasteiger partial charge in [-0.1, -0.05) is 53.7 Å². The average molecular weight is 368 g/mol. The number of carbonyl (C=O) groups is 1. The molecule has 7 nitrogen and oxygen atoms in total. The van der Waals surface area contributed by atoms with E-state index in [1.807, 2.05) is 42.8 Å². The zero-order valence-electron chi connectivity index (χ0n) is 14.2. The number of nitrogens with zero attached hydrogens (tertiary/aromatic N) is 4. The molecule has 0 aliphatic carbocycles. The summed E-state index contributed by atoms with van der Waals surface area (Å²) >= 11 is 1.25. The minimum absolute atomic E-state index is 0.0961. The van der Waals surface area contributed by atoms with Crippen LogP contribution in [0.1, 0.15) is 15.9 Å². The summed E-state index contributed by atoms with van der Waals surface area (Å²) in [6.45, 7) is 2.02. The van der Waals surface area contributed by atoms with Gasteiger partial charge in [-0.15, -0.1) is 10.2 Å². The maximum Gasteiger partial charge on any atom is 0.270 e. The fourth-order valence-corrected chi connectivity index (χ4v) is 3.21. The number of hydrogen-bond acceptors (Lipinski definition) is 6. The normalized spacial score (nSPS) is 10.7. The van der Waals surface area contributed by atoms with Crippen molar-refractivity contribution in [2.75, 3.05) is 5.75 Å². The molecular weight excluding hydrogens is 352 g/mol. The third-order valence-electron chi connectivity index (χ3n) is 3.86. The highest BCUT2D eigenvalue weighted by molar-refractivity contribution is 7.99. The predicted octanol–water partition coefficient (Wildman–Crippen LogP) is 3.67. The van der Waals surface area contributed by atoms with Crippen LogP contribution in [0.25, 0.3) is 11.4 Å². The Morgan fingerprint density at radius 3 is 2.62 bits per heavy atom. The zero-order valence-corrected chi connectivity index (χ0v) is 15.1. The number of Topliss-reactive ketones (excluding diaryl/α,β-unsaturated/α-hetero) is 1. The number of rotatable bonds is 6. The maximum absolute atomic E-state index is 12.3. The van der Waals surface area contributed by atoms with E-state index in [0.29, 0.717) is 10.7 Å². The number of aryl methyl sites for hydroxylation is 1. The molecule has 0 aliphatic rings. The van der Waals surface area contributed by atoms with E-state index < -0.39 is 4.92 Å². The van der Waals surface area contributed by atoms with Crippen molar-refractivity contribution in [1.82, 2.24) is 14.8 Å². The highest BCUT2D eigenvalue weighted by Gasteiger charge is 2.15. The summed E-state index contributed by atoms with van der Waals surface area (Å²) in [6, 6.07) is 13.7. The molecule has 0 amide bonds. The van der Waals surface area contributed by atoms with Gasteiger partial charge in [-0.05, 0) is 6.92 Å². The minimum Gasteiger partial charge on any atom is -0.305 e. The Balaban J connectivity index is 1.72. The SMILES string of the molecule is Cc1ccc(-c2nnc(SCC(=O)c3cccc([N+](=O)[O-])c3)n2C)cc1. The first-order valence-electron chi connectivity index (χ1n) is 7.82. The summed E-state index contributed by atoms with van der Waals surface area (Å²) in [7, 11) is 1.84. The van der Waals surface area contributed by atoms with Crippen molar-refractivity contribution in [3.8, 4) is 11.4 Å². The first kappa shape index (κ1) is 17.8. The topological polar surface area (TPSA) is 90.9 Å². The predicted molar refractivity (Wildman–Crippen MR) is 99.3 cm³/mol. The molecule has 26 heavy (non-hydrogen) atoms. The summed E-state index contributed by atoms with van der Waals surface area (Å²) < 4.78 is 1.83. The number of non-ortho nitro benzene ring substituents is 1. The molecule has 1 heterocycles. The lowest BCUT2D eigenvalue weighted by Crippen LogP contribution is -2.04. The molecule has 0 saturated carbocycles. The number of hydrogen-bond donors (Lipinski definition) is 0. The second kappa shape index (κ2) is 7.49. The maximum atomic E-state index is 12.3. The Bertz CT molecular complexity index is 967. The molecule has 0 spiro atoms. The molecule has 0 saturated heterocycles. The van der Waals surface area contributed by atoms with Crippen LogP contribution in [0.5, 0.6) is 0 Å². The molecule has 0 N–H and O–H groups in total. The lowest BCUT2D eigenvalue weighted by atomic mass is 10.1. The van der Waals surface area contributed by atoms with Crippen molar-refractivity contribution in [1.29, 1.82) is 0 Å². The molecule has 8 heteroatoms.